The molecular weight excluding hydrogens is 248 g/mol. The number of β-amino-alcohol motifs (C(OH)–C–C–N with tert-alkyl or cyclic N) is 1. The van der Waals surface area contributed by atoms with Crippen molar-refractivity contribution in [1.82, 2.24) is 0 Å². The minimum Gasteiger partial charge on any atom is -0.491 e. The predicted octanol–water partition coefficient (Wildman–Crippen LogP) is 1.95. The van der Waals surface area contributed by atoms with E-state index in [4.69, 9.17) is 4.74 Å². The van der Waals surface area contributed by atoms with Gasteiger partial charge in [0.1, 0.15) is 5.75 Å². The number of ether oxygens (including phenoxy) is 1. The van der Waals surface area contributed by atoms with Crippen LogP contribution in [0.3, 0.4) is 0 Å². The van der Waals surface area contributed by atoms with Gasteiger partial charge >= 0.3 is 0 Å². The van der Waals surface area contributed by atoms with Crippen LogP contribution >= 0.6 is 0 Å². The highest BCUT2D eigenvalue weighted by molar-refractivity contribution is 5.60. The summed E-state index contributed by atoms with van der Waals surface area (Å²) in [7, 11) is 0. The summed E-state index contributed by atoms with van der Waals surface area (Å²) in [6, 6.07) is 4.69. The van der Waals surface area contributed by atoms with Crippen LogP contribution in [0.5, 0.6) is 5.75 Å². The maximum Gasteiger partial charge on any atom is 0.275 e. The minimum absolute atomic E-state index is 0.000284. The maximum atomic E-state index is 10.9. The van der Waals surface area contributed by atoms with Crippen LogP contribution in [0.25, 0.3) is 0 Å². The van der Waals surface area contributed by atoms with Crippen LogP contribution in [0.1, 0.15) is 20.8 Å². The number of rotatable bonds is 4. The van der Waals surface area contributed by atoms with E-state index in [1.165, 1.54) is 12.1 Å². The second kappa shape index (κ2) is 4.70. The Morgan fingerprint density at radius 3 is 2.53 bits per heavy atom. The lowest BCUT2D eigenvalue weighted by molar-refractivity contribution is -0.384. The van der Waals surface area contributed by atoms with E-state index < -0.39 is 10.5 Å². The van der Waals surface area contributed by atoms with Crippen molar-refractivity contribution in [1.29, 1.82) is 0 Å². The third-order valence-electron chi connectivity index (χ3n) is 2.89. The molecule has 0 unspecified atom stereocenters. The van der Waals surface area contributed by atoms with Gasteiger partial charge in [-0.3, -0.25) is 10.1 Å². The Hall–Kier alpha value is -1.82. The van der Waals surface area contributed by atoms with Crippen LogP contribution in [0, 0.1) is 10.1 Å². The molecule has 19 heavy (non-hydrogen) atoms. The molecule has 0 bridgehead atoms. The molecular formula is C13H18N2O4. The molecule has 0 aliphatic carbocycles. The lowest BCUT2D eigenvalue weighted by Crippen LogP contribution is -2.60. The van der Waals surface area contributed by atoms with Gasteiger partial charge < -0.3 is 14.7 Å². The first kappa shape index (κ1) is 13.6. The van der Waals surface area contributed by atoms with Gasteiger partial charge in [-0.2, -0.15) is 0 Å². The zero-order valence-electron chi connectivity index (χ0n) is 11.3. The molecule has 1 aliphatic rings. The molecule has 1 N–H and O–H groups in total. The third kappa shape index (κ3) is 3.14. The lowest BCUT2D eigenvalue weighted by Gasteiger charge is -2.45. The van der Waals surface area contributed by atoms with Crippen molar-refractivity contribution in [3.05, 3.63) is 28.3 Å². The summed E-state index contributed by atoms with van der Waals surface area (Å²) in [6.45, 7) is 6.41. The molecule has 0 saturated carbocycles. The summed E-state index contributed by atoms with van der Waals surface area (Å²) in [5, 5.41) is 20.7. The topological polar surface area (TPSA) is 75.8 Å². The molecule has 1 aromatic rings. The quantitative estimate of drug-likeness (QED) is 0.666. The Kier molecular flexibility index (Phi) is 3.36. The number of nitro groups is 1. The predicted molar refractivity (Wildman–Crippen MR) is 71.7 cm³/mol. The molecule has 1 saturated heterocycles. The van der Waals surface area contributed by atoms with E-state index in [2.05, 4.69) is 0 Å². The first-order chi connectivity index (χ1) is 8.77. The smallest absolute Gasteiger partial charge is 0.275 e. The number of hydrogen-bond donors (Lipinski definition) is 1. The Bertz CT molecular complexity index is 491. The Morgan fingerprint density at radius 2 is 2.05 bits per heavy atom. The summed E-state index contributed by atoms with van der Waals surface area (Å²) in [6.07, 6.45) is -0.0469. The van der Waals surface area contributed by atoms with Crippen LogP contribution in [-0.4, -0.2) is 34.8 Å². The van der Waals surface area contributed by atoms with Crippen molar-refractivity contribution >= 4 is 11.4 Å². The Labute approximate surface area is 111 Å². The average molecular weight is 266 g/mol. The normalized spacial score (nSPS) is 17.2. The number of non-ortho nitro benzene ring substituents is 1. The van der Waals surface area contributed by atoms with Gasteiger partial charge in [-0.1, -0.05) is 0 Å². The van der Waals surface area contributed by atoms with Gasteiger partial charge in [0.2, 0.25) is 0 Å². The summed E-state index contributed by atoms with van der Waals surface area (Å²) < 4.78 is 5.52. The van der Waals surface area contributed by atoms with E-state index in [0.29, 0.717) is 24.5 Å². The van der Waals surface area contributed by atoms with Gasteiger partial charge in [-0.15, -0.1) is 0 Å². The Morgan fingerprint density at radius 1 is 1.42 bits per heavy atom. The molecule has 0 spiro atoms. The molecule has 6 nitrogen and oxygen atoms in total. The summed E-state index contributed by atoms with van der Waals surface area (Å²) in [4.78, 5) is 12.4. The van der Waals surface area contributed by atoms with Gasteiger partial charge in [0.25, 0.3) is 5.69 Å². The molecule has 1 aromatic carbocycles. The van der Waals surface area contributed by atoms with Crippen LogP contribution in [0.15, 0.2) is 18.2 Å². The number of nitro benzene ring substituents is 1. The second-order valence-corrected chi connectivity index (χ2v) is 5.46. The van der Waals surface area contributed by atoms with Gasteiger partial charge in [-0.05, 0) is 20.8 Å². The van der Waals surface area contributed by atoms with E-state index in [1.54, 1.807) is 13.0 Å². The van der Waals surface area contributed by atoms with Crippen molar-refractivity contribution in [2.24, 2.45) is 0 Å². The summed E-state index contributed by atoms with van der Waals surface area (Å²) in [5.74, 6) is 0.478. The fourth-order valence-corrected chi connectivity index (χ4v) is 2.15. The first-order valence-electron chi connectivity index (χ1n) is 6.20. The van der Waals surface area contributed by atoms with Crippen molar-refractivity contribution in [3.63, 3.8) is 0 Å². The molecule has 0 atom stereocenters. The first-order valence-corrected chi connectivity index (χ1v) is 6.20. The third-order valence-corrected chi connectivity index (χ3v) is 2.89. The van der Waals surface area contributed by atoms with Gasteiger partial charge in [0.15, 0.2) is 0 Å². The zero-order valence-corrected chi connectivity index (χ0v) is 11.3. The molecule has 0 amide bonds. The van der Waals surface area contributed by atoms with Gasteiger partial charge in [0, 0.05) is 30.9 Å². The molecule has 104 valence electrons. The Balaban J connectivity index is 2.27. The molecule has 1 aliphatic heterocycles. The molecule has 0 aromatic heterocycles. The number of aliphatic hydroxyl groups is 1. The van der Waals surface area contributed by atoms with Crippen LogP contribution in [-0.2, 0) is 0 Å². The second-order valence-electron chi connectivity index (χ2n) is 5.46. The summed E-state index contributed by atoms with van der Waals surface area (Å²) >= 11 is 0. The van der Waals surface area contributed by atoms with Crippen molar-refractivity contribution < 1.29 is 14.8 Å². The average Bonchev–Trinajstić information content (AvgIpc) is 2.24. The van der Waals surface area contributed by atoms with Crippen LogP contribution < -0.4 is 9.64 Å². The highest BCUT2D eigenvalue weighted by Gasteiger charge is 2.37. The fourth-order valence-electron chi connectivity index (χ4n) is 2.15. The minimum atomic E-state index is -0.719. The van der Waals surface area contributed by atoms with Crippen molar-refractivity contribution in [2.45, 2.75) is 32.5 Å². The number of benzene rings is 1. The van der Waals surface area contributed by atoms with E-state index in [0.717, 1.165) is 0 Å². The molecule has 1 fully saturated rings. The lowest BCUT2D eigenvalue weighted by atomic mass is 9.96. The van der Waals surface area contributed by atoms with E-state index in [1.807, 2.05) is 18.7 Å². The van der Waals surface area contributed by atoms with E-state index >= 15 is 0 Å². The standard InChI is InChI=1S/C13H18N2O4/c1-9(2)19-12-5-10(4-11(6-12)15(17)18)14-7-13(3,16)8-14/h4-6,9,16H,7-8H2,1-3H3. The molecule has 1 heterocycles. The monoisotopic (exact) mass is 266 g/mol. The highest BCUT2D eigenvalue weighted by Crippen LogP contribution is 2.33. The van der Waals surface area contributed by atoms with Crippen molar-refractivity contribution in [2.75, 3.05) is 18.0 Å². The van der Waals surface area contributed by atoms with Gasteiger partial charge in [0.05, 0.1) is 22.7 Å². The number of hydrogen-bond acceptors (Lipinski definition) is 5. The largest absolute Gasteiger partial charge is 0.491 e. The van der Waals surface area contributed by atoms with E-state index in [-0.39, 0.29) is 11.8 Å². The SMILES string of the molecule is CC(C)Oc1cc(N2CC(C)(O)C2)cc([N+](=O)[O-])c1. The van der Waals surface area contributed by atoms with Crippen molar-refractivity contribution in [3.8, 4) is 5.75 Å². The number of nitrogens with zero attached hydrogens (tertiary/aromatic N) is 2. The fraction of sp³-hybridized carbons (Fsp3) is 0.538. The van der Waals surface area contributed by atoms with E-state index in [9.17, 15) is 15.2 Å². The number of anilines is 1. The molecule has 2 rings (SSSR count). The molecule has 6 heteroatoms. The highest BCUT2D eigenvalue weighted by atomic mass is 16.6. The zero-order chi connectivity index (χ0) is 14.2. The maximum absolute atomic E-state index is 10.9. The molecule has 0 radical (unpaired) electrons. The van der Waals surface area contributed by atoms with Crippen LogP contribution in [0.4, 0.5) is 11.4 Å². The van der Waals surface area contributed by atoms with Crippen LogP contribution in [0.2, 0.25) is 0 Å². The summed E-state index contributed by atoms with van der Waals surface area (Å²) in [5.41, 5.74) is -0.0139. The van der Waals surface area contributed by atoms with Gasteiger partial charge in [-0.25, -0.2) is 0 Å².